The number of hydrogen-bond acceptors (Lipinski definition) is 5. The first-order chi connectivity index (χ1) is 20.9. The number of piperidine rings is 1. The molecule has 44 heavy (non-hydrogen) atoms. The lowest BCUT2D eigenvalue weighted by Crippen LogP contribution is -2.54. The maximum Gasteiger partial charge on any atom is 0.417 e. The van der Waals surface area contributed by atoms with Crippen molar-refractivity contribution in [2.24, 2.45) is 5.92 Å². The number of sulfonamides is 1. The fourth-order valence-electron chi connectivity index (χ4n) is 6.11. The number of alkyl halides is 3. The summed E-state index contributed by atoms with van der Waals surface area (Å²) in [5, 5.41) is 0. The second-order valence-corrected chi connectivity index (χ2v) is 13.3. The molecule has 12 heteroatoms. The van der Waals surface area contributed by atoms with Crippen molar-refractivity contribution in [1.29, 1.82) is 0 Å². The molecule has 0 N–H and O–H groups in total. The number of halogens is 4. The number of carbonyl (C=O) groups is 1. The lowest BCUT2D eigenvalue weighted by Gasteiger charge is -2.42. The van der Waals surface area contributed by atoms with Crippen LogP contribution >= 0.6 is 0 Å². The van der Waals surface area contributed by atoms with E-state index in [9.17, 15) is 30.8 Å². The van der Waals surface area contributed by atoms with E-state index in [1.165, 1.54) is 27.9 Å². The molecule has 2 aliphatic heterocycles. The second kappa shape index (κ2) is 12.8. The van der Waals surface area contributed by atoms with Crippen molar-refractivity contribution < 1.29 is 35.5 Å². The number of amides is 1. The molecule has 0 spiro atoms. The highest BCUT2D eigenvalue weighted by Crippen LogP contribution is 2.37. The van der Waals surface area contributed by atoms with Crippen molar-refractivity contribution in [2.45, 2.75) is 43.3 Å². The predicted octanol–water partition coefficient (Wildman–Crippen LogP) is 5.85. The van der Waals surface area contributed by atoms with Crippen LogP contribution in [0.25, 0.3) is 0 Å². The Hall–Kier alpha value is -3.64. The number of anilines is 1. The summed E-state index contributed by atoms with van der Waals surface area (Å²) < 4.78 is 88.8. The fraction of sp³-hybridized carbons (Fsp3) is 0.406. The monoisotopic (exact) mass is 633 g/mol. The number of rotatable bonds is 7. The topological polar surface area (TPSA) is 70.2 Å². The molecule has 0 saturated carbocycles. The van der Waals surface area contributed by atoms with Gasteiger partial charge in [0.25, 0.3) is 5.91 Å². The number of nitrogens with zero attached hydrogens (tertiary/aromatic N) is 3. The third kappa shape index (κ3) is 6.71. The third-order valence-corrected chi connectivity index (χ3v) is 10.4. The van der Waals surface area contributed by atoms with E-state index in [0.29, 0.717) is 36.5 Å². The van der Waals surface area contributed by atoms with Crippen LogP contribution in [-0.2, 0) is 22.6 Å². The van der Waals surface area contributed by atoms with Crippen molar-refractivity contribution in [3.05, 3.63) is 89.2 Å². The summed E-state index contributed by atoms with van der Waals surface area (Å²) in [6, 6.07) is 16.5. The Morgan fingerprint density at radius 3 is 2.30 bits per heavy atom. The Morgan fingerprint density at radius 2 is 1.66 bits per heavy atom. The van der Waals surface area contributed by atoms with E-state index in [1.54, 1.807) is 19.1 Å². The summed E-state index contributed by atoms with van der Waals surface area (Å²) in [4.78, 5) is 16.5. The molecule has 0 bridgehead atoms. The normalized spacial score (nSPS) is 18.8. The second-order valence-electron chi connectivity index (χ2n) is 11.4. The van der Waals surface area contributed by atoms with E-state index in [0.717, 1.165) is 31.4 Å². The number of ether oxygens (including phenoxy) is 1. The van der Waals surface area contributed by atoms with Crippen LogP contribution in [0.15, 0.2) is 71.6 Å². The highest BCUT2D eigenvalue weighted by atomic mass is 32.2. The molecule has 2 aliphatic rings. The summed E-state index contributed by atoms with van der Waals surface area (Å²) in [5.41, 5.74) is -0.174. The molecule has 5 rings (SSSR count). The Bertz CT molecular complexity index is 1590. The van der Waals surface area contributed by atoms with Gasteiger partial charge in [-0.25, -0.2) is 12.8 Å². The molecular weight excluding hydrogens is 598 g/mol. The van der Waals surface area contributed by atoms with Crippen LogP contribution in [0.5, 0.6) is 5.75 Å². The van der Waals surface area contributed by atoms with Gasteiger partial charge in [0.2, 0.25) is 10.0 Å². The van der Waals surface area contributed by atoms with Crippen molar-refractivity contribution in [3.63, 3.8) is 0 Å². The van der Waals surface area contributed by atoms with Gasteiger partial charge in [0.15, 0.2) is 0 Å². The predicted molar refractivity (Wildman–Crippen MR) is 159 cm³/mol. The van der Waals surface area contributed by atoms with Crippen LogP contribution in [0.2, 0.25) is 0 Å². The summed E-state index contributed by atoms with van der Waals surface area (Å²) in [5.74, 6) is -1.08. The molecule has 0 aromatic heterocycles. The Morgan fingerprint density at radius 1 is 0.955 bits per heavy atom. The average Bonchev–Trinajstić information content (AvgIpc) is 3.00. The van der Waals surface area contributed by atoms with Crippen LogP contribution in [-0.4, -0.2) is 69.4 Å². The summed E-state index contributed by atoms with van der Waals surface area (Å²) in [6.07, 6.45) is -2.47. The van der Waals surface area contributed by atoms with Crippen LogP contribution in [0, 0.1) is 11.7 Å². The first kappa shape index (κ1) is 31.8. The van der Waals surface area contributed by atoms with E-state index >= 15 is 0 Å². The zero-order valence-electron chi connectivity index (χ0n) is 24.6. The number of piperazine rings is 1. The maximum atomic E-state index is 13.7. The van der Waals surface area contributed by atoms with Crippen LogP contribution in [0.1, 0.15) is 41.3 Å². The van der Waals surface area contributed by atoms with Gasteiger partial charge in [-0.05, 0) is 74.1 Å². The minimum atomic E-state index is -4.89. The van der Waals surface area contributed by atoms with Crippen molar-refractivity contribution in [2.75, 3.05) is 44.7 Å². The highest BCUT2D eigenvalue weighted by Gasteiger charge is 2.38. The third-order valence-electron chi connectivity index (χ3n) is 8.47. The zero-order valence-corrected chi connectivity index (χ0v) is 25.4. The van der Waals surface area contributed by atoms with Gasteiger partial charge in [-0.1, -0.05) is 30.3 Å². The standard InChI is InChI=1S/C32H35F4N3O4S/c1-22-21-37(31(40)27-10-8-25(33)19-28(27)32(34,35)36)16-17-39(22)29-20-26(9-11-30(29)43-2)44(41,42)38-14-12-24(13-15-38)18-23-6-4-3-5-7-23/h3-11,19-20,22,24H,12-18,21H2,1-2H3. The molecule has 1 amide bonds. The molecule has 3 aromatic rings. The molecule has 1 unspecified atom stereocenters. The van der Waals surface area contributed by atoms with E-state index in [2.05, 4.69) is 12.1 Å². The van der Waals surface area contributed by atoms with E-state index in [-0.39, 0.29) is 30.6 Å². The van der Waals surface area contributed by atoms with Gasteiger partial charge in [-0.3, -0.25) is 4.79 Å². The van der Waals surface area contributed by atoms with Crippen molar-refractivity contribution in [1.82, 2.24) is 9.21 Å². The molecule has 3 aromatic carbocycles. The molecule has 1 atom stereocenters. The lowest BCUT2D eigenvalue weighted by atomic mass is 9.91. The quantitative estimate of drug-likeness (QED) is 0.306. The van der Waals surface area contributed by atoms with Crippen LogP contribution in [0.4, 0.5) is 23.2 Å². The first-order valence-corrected chi connectivity index (χ1v) is 16.0. The number of carbonyl (C=O) groups excluding carboxylic acids is 1. The van der Waals surface area contributed by atoms with Crippen LogP contribution < -0.4 is 9.64 Å². The Labute approximate surface area is 255 Å². The Kier molecular flexibility index (Phi) is 9.22. The molecule has 0 radical (unpaired) electrons. The summed E-state index contributed by atoms with van der Waals surface area (Å²) in [6.45, 7) is 3.01. The summed E-state index contributed by atoms with van der Waals surface area (Å²) >= 11 is 0. The number of benzene rings is 3. The minimum Gasteiger partial charge on any atom is -0.495 e. The van der Waals surface area contributed by atoms with Crippen molar-refractivity contribution in [3.8, 4) is 5.75 Å². The van der Waals surface area contributed by atoms with Gasteiger partial charge >= 0.3 is 6.18 Å². The molecule has 236 valence electrons. The molecule has 2 heterocycles. The number of hydrogen-bond donors (Lipinski definition) is 0. The van der Waals surface area contributed by atoms with Crippen molar-refractivity contribution >= 4 is 21.6 Å². The minimum absolute atomic E-state index is 0.0720. The highest BCUT2D eigenvalue weighted by molar-refractivity contribution is 7.89. The van der Waals surface area contributed by atoms with Gasteiger partial charge in [0.1, 0.15) is 11.6 Å². The van der Waals surface area contributed by atoms with E-state index in [4.69, 9.17) is 4.74 Å². The molecule has 2 saturated heterocycles. The lowest BCUT2D eigenvalue weighted by molar-refractivity contribution is -0.138. The molecule has 0 aliphatic carbocycles. The Balaban J connectivity index is 1.30. The van der Waals surface area contributed by atoms with Gasteiger partial charge in [0.05, 0.1) is 28.8 Å². The molecular formula is C32H35F4N3O4S. The van der Waals surface area contributed by atoms with E-state index < -0.39 is 39.1 Å². The van der Waals surface area contributed by atoms with Gasteiger partial charge in [-0.15, -0.1) is 0 Å². The summed E-state index contributed by atoms with van der Waals surface area (Å²) in [7, 11) is -2.32. The van der Waals surface area contributed by atoms with Gasteiger partial charge in [-0.2, -0.15) is 17.5 Å². The number of methoxy groups -OCH3 is 1. The SMILES string of the molecule is COc1ccc(S(=O)(=O)N2CCC(Cc3ccccc3)CC2)cc1N1CCN(C(=O)c2ccc(F)cc2C(F)(F)F)CC1C. The zero-order chi connectivity index (χ0) is 31.6. The largest absolute Gasteiger partial charge is 0.495 e. The van der Waals surface area contributed by atoms with Gasteiger partial charge in [0, 0.05) is 38.8 Å². The first-order valence-electron chi connectivity index (χ1n) is 14.5. The molecule has 7 nitrogen and oxygen atoms in total. The van der Waals surface area contributed by atoms with Gasteiger partial charge < -0.3 is 14.5 Å². The van der Waals surface area contributed by atoms with Crippen LogP contribution in [0.3, 0.4) is 0 Å². The maximum absolute atomic E-state index is 13.7. The molecule has 2 fully saturated rings. The fourth-order valence-corrected chi connectivity index (χ4v) is 7.60. The smallest absolute Gasteiger partial charge is 0.417 e. The van der Waals surface area contributed by atoms with E-state index in [1.807, 2.05) is 23.1 Å². The average molecular weight is 634 g/mol.